The van der Waals surface area contributed by atoms with Crippen molar-refractivity contribution in [3.8, 4) is 0 Å². The summed E-state index contributed by atoms with van der Waals surface area (Å²) in [5, 5.41) is 6.02. The molecule has 1 aromatic carbocycles. The number of hydrogen-bond acceptors (Lipinski definition) is 4. The lowest BCUT2D eigenvalue weighted by Crippen LogP contribution is -2.51. The van der Waals surface area contributed by atoms with Gasteiger partial charge in [0.2, 0.25) is 5.91 Å². The molecule has 0 aliphatic carbocycles. The van der Waals surface area contributed by atoms with Gasteiger partial charge in [0.1, 0.15) is 18.5 Å². The van der Waals surface area contributed by atoms with Crippen LogP contribution in [0, 0.1) is 5.82 Å². The van der Waals surface area contributed by atoms with Crippen molar-refractivity contribution in [3.05, 3.63) is 60.2 Å². The molecule has 2 N–H and O–H groups in total. The molecule has 2 atom stereocenters. The number of carbonyl (C=O) groups is 1. The Labute approximate surface area is 193 Å². The lowest BCUT2D eigenvalue weighted by molar-refractivity contribution is -0.114. The maximum absolute atomic E-state index is 13.2. The number of carbonyl (C=O) groups excluding carboxylic acids is 1. The number of aliphatic imine (C=N–C) groups is 1. The van der Waals surface area contributed by atoms with Crippen LogP contribution >= 0.6 is 24.0 Å². The minimum atomic E-state index is -0.274. The van der Waals surface area contributed by atoms with Gasteiger partial charge in [-0.2, -0.15) is 0 Å². The molecule has 162 valence electrons. The molecule has 0 saturated carbocycles. The van der Waals surface area contributed by atoms with Crippen LogP contribution in [0.2, 0.25) is 0 Å². The maximum atomic E-state index is 13.2. The summed E-state index contributed by atoms with van der Waals surface area (Å²) in [6, 6.07) is 9.88. The fourth-order valence-corrected chi connectivity index (χ4v) is 3.20. The number of nitrogens with one attached hydrogen (secondary N) is 2. The maximum Gasteiger partial charge on any atom is 0.246 e. The number of amides is 1. The van der Waals surface area contributed by atoms with Crippen molar-refractivity contribution in [2.24, 2.45) is 4.99 Å². The van der Waals surface area contributed by atoms with Gasteiger partial charge in [-0.05, 0) is 43.7 Å². The minimum absolute atomic E-state index is 0. The number of ether oxygens (including phenoxy) is 1. The third-order valence-corrected chi connectivity index (χ3v) is 4.45. The van der Waals surface area contributed by atoms with Crippen molar-refractivity contribution in [1.29, 1.82) is 0 Å². The van der Waals surface area contributed by atoms with Gasteiger partial charge >= 0.3 is 0 Å². The van der Waals surface area contributed by atoms with Gasteiger partial charge in [0.15, 0.2) is 5.96 Å². The monoisotopic (exact) mass is 527 g/mol. The van der Waals surface area contributed by atoms with Crippen LogP contribution in [-0.4, -0.2) is 54.0 Å². The first kappa shape index (κ1) is 24.0. The summed E-state index contributed by atoms with van der Waals surface area (Å²) >= 11 is 0. The highest BCUT2D eigenvalue weighted by Gasteiger charge is 2.28. The zero-order chi connectivity index (χ0) is 20.6. The lowest BCUT2D eigenvalue weighted by Gasteiger charge is -2.38. The van der Waals surface area contributed by atoms with Crippen LogP contribution in [0.1, 0.15) is 25.5 Å². The van der Waals surface area contributed by atoms with Gasteiger partial charge in [0, 0.05) is 19.3 Å². The highest BCUT2D eigenvalue weighted by molar-refractivity contribution is 14.0. The Kier molecular flexibility index (Phi) is 9.44. The van der Waals surface area contributed by atoms with Crippen molar-refractivity contribution in [3.63, 3.8) is 0 Å². The average Bonchev–Trinajstić information content (AvgIpc) is 2.72. The quantitative estimate of drug-likeness (QED) is 0.355. The summed E-state index contributed by atoms with van der Waals surface area (Å²) in [4.78, 5) is 22.8. The second-order valence-electron chi connectivity index (χ2n) is 6.85. The molecule has 0 bridgehead atoms. The fourth-order valence-electron chi connectivity index (χ4n) is 3.20. The summed E-state index contributed by atoms with van der Waals surface area (Å²) in [6.07, 6.45) is 3.00. The van der Waals surface area contributed by atoms with Gasteiger partial charge in [0.05, 0.1) is 24.5 Å². The number of pyridine rings is 1. The van der Waals surface area contributed by atoms with Crippen molar-refractivity contribution >= 4 is 41.5 Å². The third-order valence-electron chi connectivity index (χ3n) is 4.45. The van der Waals surface area contributed by atoms with Crippen LogP contribution in [0.5, 0.6) is 0 Å². The second-order valence-corrected chi connectivity index (χ2v) is 6.85. The topological polar surface area (TPSA) is 78.8 Å². The van der Waals surface area contributed by atoms with E-state index in [4.69, 9.17) is 4.74 Å². The lowest BCUT2D eigenvalue weighted by atomic mass is 10.1. The van der Waals surface area contributed by atoms with Gasteiger partial charge in [-0.25, -0.2) is 9.38 Å². The Hall–Kier alpha value is -2.27. The number of nitrogens with zero attached hydrogens (tertiary/aromatic N) is 3. The Bertz CT molecular complexity index is 835. The van der Waals surface area contributed by atoms with Gasteiger partial charge in [-0.1, -0.05) is 12.1 Å². The first-order valence-corrected chi connectivity index (χ1v) is 9.69. The van der Waals surface area contributed by atoms with E-state index in [1.165, 1.54) is 12.1 Å². The average molecular weight is 527 g/mol. The highest BCUT2D eigenvalue weighted by Crippen LogP contribution is 2.25. The van der Waals surface area contributed by atoms with E-state index < -0.39 is 0 Å². The Morgan fingerprint density at radius 2 is 2.07 bits per heavy atom. The predicted octanol–water partition coefficient (Wildman–Crippen LogP) is 3.20. The smallest absolute Gasteiger partial charge is 0.246 e. The molecular weight excluding hydrogens is 500 g/mol. The van der Waals surface area contributed by atoms with E-state index in [1.54, 1.807) is 36.7 Å². The van der Waals surface area contributed by atoms with Gasteiger partial charge in [-0.3, -0.25) is 9.78 Å². The SMILES string of the molecule is CCNC(=NCC(=O)Nc1cccnc1)N1CC(C)OC(c2ccc(F)cc2)C1.I. The van der Waals surface area contributed by atoms with Crippen LogP contribution in [0.3, 0.4) is 0 Å². The molecule has 2 unspecified atom stereocenters. The fraction of sp³-hybridized carbons (Fsp3) is 0.381. The summed E-state index contributed by atoms with van der Waals surface area (Å²) in [5.74, 6) is 0.157. The largest absolute Gasteiger partial charge is 0.367 e. The van der Waals surface area contributed by atoms with E-state index in [0.717, 1.165) is 5.56 Å². The van der Waals surface area contributed by atoms with Crippen molar-refractivity contribution in [2.75, 3.05) is 31.5 Å². The summed E-state index contributed by atoms with van der Waals surface area (Å²) in [6.45, 7) is 5.84. The number of anilines is 1. The van der Waals surface area contributed by atoms with E-state index >= 15 is 0 Å². The Morgan fingerprint density at radius 3 is 2.73 bits per heavy atom. The Balaban J connectivity index is 0.00000320. The van der Waals surface area contributed by atoms with Gasteiger partial charge in [-0.15, -0.1) is 24.0 Å². The Morgan fingerprint density at radius 1 is 1.30 bits per heavy atom. The summed E-state index contributed by atoms with van der Waals surface area (Å²) in [7, 11) is 0. The molecule has 1 saturated heterocycles. The summed E-state index contributed by atoms with van der Waals surface area (Å²) < 4.78 is 19.3. The zero-order valence-corrected chi connectivity index (χ0v) is 19.4. The van der Waals surface area contributed by atoms with Crippen molar-refractivity contribution in [2.45, 2.75) is 26.1 Å². The molecule has 1 fully saturated rings. The van der Waals surface area contributed by atoms with E-state index in [1.807, 2.05) is 13.8 Å². The number of rotatable bonds is 5. The molecule has 1 aliphatic rings. The van der Waals surface area contributed by atoms with Gasteiger partial charge < -0.3 is 20.3 Å². The molecule has 1 aromatic heterocycles. The number of guanidine groups is 1. The van der Waals surface area contributed by atoms with E-state index in [-0.39, 0.29) is 54.5 Å². The molecular formula is C21H27FIN5O2. The molecule has 2 aromatic rings. The van der Waals surface area contributed by atoms with Gasteiger partial charge in [0.25, 0.3) is 0 Å². The van der Waals surface area contributed by atoms with Crippen LogP contribution in [0.4, 0.5) is 10.1 Å². The second kappa shape index (κ2) is 11.8. The molecule has 1 aliphatic heterocycles. The van der Waals surface area contributed by atoms with Crippen LogP contribution in [0.25, 0.3) is 0 Å². The minimum Gasteiger partial charge on any atom is -0.367 e. The number of benzene rings is 1. The summed E-state index contributed by atoms with van der Waals surface area (Å²) in [5.41, 5.74) is 1.54. The molecule has 9 heteroatoms. The van der Waals surface area contributed by atoms with E-state index in [9.17, 15) is 9.18 Å². The van der Waals surface area contributed by atoms with Crippen LogP contribution in [0.15, 0.2) is 53.8 Å². The molecule has 0 radical (unpaired) electrons. The van der Waals surface area contributed by atoms with Crippen molar-refractivity contribution < 1.29 is 13.9 Å². The predicted molar refractivity (Wildman–Crippen MR) is 126 cm³/mol. The highest BCUT2D eigenvalue weighted by atomic mass is 127. The molecule has 3 rings (SSSR count). The number of hydrogen-bond donors (Lipinski definition) is 2. The molecule has 1 amide bonds. The molecule has 30 heavy (non-hydrogen) atoms. The zero-order valence-electron chi connectivity index (χ0n) is 17.0. The first-order valence-electron chi connectivity index (χ1n) is 9.69. The third kappa shape index (κ3) is 6.91. The first-order chi connectivity index (χ1) is 14.0. The van der Waals surface area contributed by atoms with E-state index in [2.05, 4.69) is 25.5 Å². The standard InChI is InChI=1S/C21H26FN5O2.HI/c1-3-24-21(25-12-20(28)26-18-5-4-10-23-11-18)27-13-15(2)29-19(14-27)16-6-8-17(22)9-7-16;/h4-11,15,19H,3,12-14H2,1-2H3,(H,24,25)(H,26,28);1H. The van der Waals surface area contributed by atoms with Crippen LogP contribution < -0.4 is 10.6 Å². The number of aromatic nitrogens is 1. The number of morpholine rings is 1. The van der Waals surface area contributed by atoms with Crippen molar-refractivity contribution in [1.82, 2.24) is 15.2 Å². The molecule has 2 heterocycles. The molecule has 0 spiro atoms. The number of halogens is 2. The normalized spacial score (nSPS) is 19.0. The van der Waals surface area contributed by atoms with Crippen LogP contribution in [-0.2, 0) is 9.53 Å². The van der Waals surface area contributed by atoms with E-state index in [0.29, 0.717) is 31.3 Å². The molecule has 7 nitrogen and oxygen atoms in total.